The molecule has 0 aliphatic rings. The van der Waals surface area contributed by atoms with E-state index < -0.39 is 0 Å². The van der Waals surface area contributed by atoms with Crippen molar-refractivity contribution in [1.29, 1.82) is 0 Å². The zero-order valence-electron chi connectivity index (χ0n) is 12.8. The molecule has 0 aliphatic heterocycles. The summed E-state index contributed by atoms with van der Waals surface area (Å²) in [6.45, 7) is 5.01. The molecule has 0 saturated heterocycles. The number of benzene rings is 2. The second-order valence-corrected chi connectivity index (χ2v) is 5.06. The largest absolute Gasteiger partial charge is 0.491 e. The predicted octanol–water partition coefficient (Wildman–Crippen LogP) is 4.99. The molecule has 2 aromatic rings. The van der Waals surface area contributed by atoms with Gasteiger partial charge in [-0.2, -0.15) is 0 Å². The number of hydrogen-bond acceptors (Lipinski definition) is 2. The molecule has 0 fully saturated rings. The van der Waals surface area contributed by atoms with E-state index in [4.69, 9.17) is 4.74 Å². The number of nitrogens with one attached hydrogen (secondary N) is 1. The van der Waals surface area contributed by atoms with E-state index in [-0.39, 0.29) is 6.10 Å². The summed E-state index contributed by atoms with van der Waals surface area (Å²) in [5.74, 6) is 0.918. The first kappa shape index (κ1) is 15.2. The van der Waals surface area contributed by atoms with Crippen molar-refractivity contribution in [2.24, 2.45) is 0 Å². The molecule has 2 rings (SSSR count). The van der Waals surface area contributed by atoms with Crippen LogP contribution in [-0.2, 0) is 0 Å². The van der Waals surface area contributed by atoms with Crippen LogP contribution in [-0.4, -0.2) is 12.6 Å². The molecule has 1 unspecified atom stereocenters. The maximum atomic E-state index is 5.82. The molecule has 0 radical (unpaired) electrons. The van der Waals surface area contributed by atoms with E-state index in [0.29, 0.717) is 0 Å². The monoisotopic (exact) mass is 281 g/mol. The Labute approximate surface area is 127 Å². The molecular weight excluding hydrogens is 258 g/mol. The fraction of sp³-hybridized carbons (Fsp3) is 0.263. The molecule has 2 aromatic carbocycles. The summed E-state index contributed by atoms with van der Waals surface area (Å²) in [6.07, 6.45) is 5.50. The Balaban J connectivity index is 1.86. The Bertz CT molecular complexity index is 563. The van der Waals surface area contributed by atoms with Crippen molar-refractivity contribution in [3.05, 3.63) is 66.2 Å². The van der Waals surface area contributed by atoms with Gasteiger partial charge in [0.15, 0.2) is 0 Å². The van der Waals surface area contributed by atoms with Gasteiger partial charge in [-0.3, -0.25) is 0 Å². The van der Waals surface area contributed by atoms with Gasteiger partial charge in [-0.15, -0.1) is 0 Å². The lowest BCUT2D eigenvalue weighted by Gasteiger charge is -2.13. The minimum Gasteiger partial charge on any atom is -0.491 e. The second kappa shape index (κ2) is 8.15. The van der Waals surface area contributed by atoms with E-state index in [2.05, 4.69) is 49.5 Å². The molecule has 0 heterocycles. The molecular formula is C19H23NO. The molecule has 0 aromatic heterocycles. The lowest BCUT2D eigenvalue weighted by Crippen LogP contribution is -2.09. The molecule has 2 nitrogen and oxygen atoms in total. The van der Waals surface area contributed by atoms with E-state index in [1.165, 1.54) is 5.56 Å². The third kappa shape index (κ3) is 5.35. The molecule has 110 valence electrons. The van der Waals surface area contributed by atoms with Crippen LogP contribution in [0.15, 0.2) is 60.7 Å². The molecule has 21 heavy (non-hydrogen) atoms. The smallest absolute Gasteiger partial charge is 0.121 e. The fourth-order valence-electron chi connectivity index (χ4n) is 1.93. The summed E-state index contributed by atoms with van der Waals surface area (Å²) in [6, 6.07) is 18.4. The highest BCUT2D eigenvalue weighted by Crippen LogP contribution is 2.19. The third-order valence-corrected chi connectivity index (χ3v) is 3.28. The van der Waals surface area contributed by atoms with Crippen molar-refractivity contribution in [1.82, 2.24) is 0 Å². The van der Waals surface area contributed by atoms with Gasteiger partial charge in [0, 0.05) is 18.3 Å². The van der Waals surface area contributed by atoms with E-state index in [1.807, 2.05) is 36.4 Å². The Morgan fingerprint density at radius 1 is 1.10 bits per heavy atom. The molecule has 0 saturated carbocycles. The molecule has 0 amide bonds. The van der Waals surface area contributed by atoms with Crippen LogP contribution in [0.2, 0.25) is 0 Å². The maximum absolute atomic E-state index is 5.82. The van der Waals surface area contributed by atoms with E-state index in [0.717, 1.165) is 24.4 Å². The molecule has 1 atom stereocenters. The maximum Gasteiger partial charge on any atom is 0.121 e. The Morgan fingerprint density at radius 3 is 2.67 bits per heavy atom. The SMILES string of the molecule is CCC(C)Oc1cccc(NCC=Cc2ccccc2)c1. The van der Waals surface area contributed by atoms with Gasteiger partial charge in [-0.1, -0.05) is 55.5 Å². The summed E-state index contributed by atoms with van der Waals surface area (Å²) >= 11 is 0. The number of anilines is 1. The summed E-state index contributed by atoms with van der Waals surface area (Å²) in [5.41, 5.74) is 2.29. The van der Waals surface area contributed by atoms with Crippen LogP contribution in [0.5, 0.6) is 5.75 Å². The van der Waals surface area contributed by atoms with E-state index in [9.17, 15) is 0 Å². The Morgan fingerprint density at radius 2 is 1.90 bits per heavy atom. The van der Waals surface area contributed by atoms with Crippen molar-refractivity contribution in [3.63, 3.8) is 0 Å². The van der Waals surface area contributed by atoms with Gasteiger partial charge in [0.25, 0.3) is 0 Å². The average Bonchev–Trinajstić information content (AvgIpc) is 2.53. The van der Waals surface area contributed by atoms with Crippen molar-refractivity contribution < 1.29 is 4.74 Å². The standard InChI is InChI=1S/C19H23NO/c1-3-16(2)21-19-13-7-12-18(15-19)20-14-8-11-17-9-5-4-6-10-17/h4-13,15-16,20H,3,14H2,1-2H3. The zero-order valence-corrected chi connectivity index (χ0v) is 12.8. The van der Waals surface area contributed by atoms with E-state index in [1.54, 1.807) is 0 Å². The first-order valence-corrected chi connectivity index (χ1v) is 7.50. The molecule has 0 bridgehead atoms. The number of ether oxygens (including phenoxy) is 1. The van der Waals surface area contributed by atoms with Gasteiger partial charge in [0.05, 0.1) is 6.10 Å². The van der Waals surface area contributed by atoms with Crippen LogP contribution in [0.25, 0.3) is 6.08 Å². The topological polar surface area (TPSA) is 21.3 Å². The second-order valence-electron chi connectivity index (χ2n) is 5.06. The number of hydrogen-bond donors (Lipinski definition) is 1. The highest BCUT2D eigenvalue weighted by atomic mass is 16.5. The van der Waals surface area contributed by atoms with Gasteiger partial charge in [-0.25, -0.2) is 0 Å². The highest BCUT2D eigenvalue weighted by molar-refractivity contribution is 5.52. The zero-order chi connectivity index (χ0) is 14.9. The molecule has 2 heteroatoms. The fourth-order valence-corrected chi connectivity index (χ4v) is 1.93. The summed E-state index contributed by atoms with van der Waals surface area (Å²) in [4.78, 5) is 0. The molecule has 0 aliphatic carbocycles. The van der Waals surface area contributed by atoms with E-state index >= 15 is 0 Å². The summed E-state index contributed by atoms with van der Waals surface area (Å²) in [5, 5.41) is 3.38. The predicted molar refractivity (Wildman–Crippen MR) is 90.8 cm³/mol. The lowest BCUT2D eigenvalue weighted by molar-refractivity contribution is 0.217. The van der Waals surface area contributed by atoms with Crippen LogP contribution >= 0.6 is 0 Å². The molecule has 1 N–H and O–H groups in total. The minimum absolute atomic E-state index is 0.248. The van der Waals surface area contributed by atoms with Crippen molar-refractivity contribution in [2.45, 2.75) is 26.4 Å². The summed E-state index contributed by atoms with van der Waals surface area (Å²) in [7, 11) is 0. The first-order valence-electron chi connectivity index (χ1n) is 7.50. The Kier molecular flexibility index (Phi) is 5.89. The van der Waals surface area contributed by atoms with Crippen LogP contribution in [0.3, 0.4) is 0 Å². The minimum atomic E-state index is 0.248. The average molecular weight is 281 g/mol. The van der Waals surface area contributed by atoms with Crippen molar-refractivity contribution in [3.8, 4) is 5.75 Å². The normalized spacial score (nSPS) is 12.3. The van der Waals surface area contributed by atoms with Crippen LogP contribution in [0, 0.1) is 0 Å². The van der Waals surface area contributed by atoms with Gasteiger partial charge in [0.2, 0.25) is 0 Å². The van der Waals surface area contributed by atoms with Crippen molar-refractivity contribution >= 4 is 11.8 Å². The van der Waals surface area contributed by atoms with Gasteiger partial charge in [0.1, 0.15) is 5.75 Å². The van der Waals surface area contributed by atoms with Gasteiger partial charge >= 0.3 is 0 Å². The van der Waals surface area contributed by atoms with Crippen LogP contribution < -0.4 is 10.1 Å². The van der Waals surface area contributed by atoms with Crippen molar-refractivity contribution in [2.75, 3.05) is 11.9 Å². The molecule has 0 spiro atoms. The third-order valence-electron chi connectivity index (χ3n) is 3.28. The first-order chi connectivity index (χ1) is 10.3. The van der Waals surface area contributed by atoms with Crippen LogP contribution in [0.4, 0.5) is 5.69 Å². The quantitative estimate of drug-likeness (QED) is 0.772. The number of rotatable bonds is 7. The summed E-state index contributed by atoms with van der Waals surface area (Å²) < 4.78 is 5.82. The Hall–Kier alpha value is -2.22. The van der Waals surface area contributed by atoms with Crippen LogP contribution in [0.1, 0.15) is 25.8 Å². The van der Waals surface area contributed by atoms with Gasteiger partial charge in [-0.05, 0) is 31.0 Å². The highest BCUT2D eigenvalue weighted by Gasteiger charge is 2.01. The van der Waals surface area contributed by atoms with Gasteiger partial charge < -0.3 is 10.1 Å². The lowest BCUT2D eigenvalue weighted by atomic mass is 10.2.